The van der Waals surface area contributed by atoms with Crippen molar-refractivity contribution in [3.8, 4) is 0 Å². The summed E-state index contributed by atoms with van der Waals surface area (Å²) in [6.45, 7) is 2.66. The highest BCUT2D eigenvalue weighted by atomic mass is 127. The molecule has 2 unspecified atom stereocenters. The molecule has 68 valence electrons. The Labute approximate surface area is 91.2 Å². The number of ether oxygens (including phenoxy) is 1. The average molecular weight is 300 g/mol. The van der Waals surface area contributed by atoms with E-state index in [1.807, 2.05) is 6.08 Å². The molecule has 12 heavy (non-hydrogen) atoms. The van der Waals surface area contributed by atoms with Crippen LogP contribution in [0.3, 0.4) is 0 Å². The molecule has 1 aliphatic heterocycles. The van der Waals surface area contributed by atoms with Crippen molar-refractivity contribution in [2.75, 3.05) is 13.7 Å². The molecule has 0 radical (unpaired) electrons. The Morgan fingerprint density at radius 1 is 1.83 bits per heavy atom. The van der Waals surface area contributed by atoms with Gasteiger partial charge in [-0.25, -0.2) is 0 Å². The summed E-state index contributed by atoms with van der Waals surface area (Å²) in [7, 11) is 1.68. The Hall–Kier alpha value is 0.390. The third-order valence-corrected chi connectivity index (χ3v) is 4.14. The molecule has 0 aromatic carbocycles. The predicted octanol–water partition coefficient (Wildman–Crippen LogP) is 2.61. The summed E-state index contributed by atoms with van der Waals surface area (Å²) in [4.78, 5) is 4.13. The quantitative estimate of drug-likeness (QED) is 0.436. The minimum Gasteiger partial charge on any atom is -0.384 e. The van der Waals surface area contributed by atoms with Gasteiger partial charge in [-0.05, 0) is 35.6 Å². The molecule has 0 aromatic heterocycles. The van der Waals surface area contributed by atoms with Crippen LogP contribution in [0.4, 0.5) is 0 Å². The Balaban J connectivity index is 2.86. The van der Waals surface area contributed by atoms with Crippen molar-refractivity contribution >= 4 is 40.4 Å². The molecular formula is C8H11ClINO. The van der Waals surface area contributed by atoms with E-state index in [0.717, 1.165) is 0 Å². The largest absolute Gasteiger partial charge is 0.384 e. The highest BCUT2D eigenvalue weighted by Gasteiger charge is 2.37. The topological polar surface area (TPSA) is 21.6 Å². The van der Waals surface area contributed by atoms with Crippen molar-refractivity contribution in [2.24, 2.45) is 10.4 Å². The molecule has 1 rings (SSSR count). The molecule has 0 N–H and O–H groups in total. The van der Waals surface area contributed by atoms with E-state index in [0.29, 0.717) is 6.61 Å². The molecule has 0 amide bonds. The monoisotopic (exact) mass is 299 g/mol. The number of halogens is 2. The number of allylic oxidation sites excluding steroid dienone is 1. The molecule has 0 fully saturated rings. The van der Waals surface area contributed by atoms with Crippen LogP contribution in [-0.2, 0) is 4.74 Å². The molecule has 0 bridgehead atoms. The van der Waals surface area contributed by atoms with Crippen LogP contribution in [0, 0.1) is 5.41 Å². The second-order valence-corrected chi connectivity index (χ2v) is 4.57. The summed E-state index contributed by atoms with van der Waals surface area (Å²) in [6.07, 6.45) is 3.72. The minimum atomic E-state index is -0.214. The van der Waals surface area contributed by atoms with Crippen molar-refractivity contribution in [3.63, 3.8) is 0 Å². The summed E-state index contributed by atoms with van der Waals surface area (Å²) in [6, 6.07) is 0. The van der Waals surface area contributed by atoms with E-state index in [1.165, 1.54) is 3.58 Å². The Morgan fingerprint density at radius 2 is 2.50 bits per heavy atom. The third kappa shape index (κ3) is 1.83. The van der Waals surface area contributed by atoms with Gasteiger partial charge in [0.25, 0.3) is 0 Å². The number of dihydropyridines is 1. The van der Waals surface area contributed by atoms with Crippen LogP contribution < -0.4 is 0 Å². The molecule has 1 heterocycles. The van der Waals surface area contributed by atoms with Gasteiger partial charge in [-0.2, -0.15) is 0 Å². The first-order chi connectivity index (χ1) is 5.61. The lowest BCUT2D eigenvalue weighted by molar-refractivity contribution is 0.119. The van der Waals surface area contributed by atoms with Crippen LogP contribution in [0.5, 0.6) is 0 Å². The SMILES string of the molecule is COCC1(C)C(I)=CC=NC1Cl. The van der Waals surface area contributed by atoms with Crippen molar-refractivity contribution in [3.05, 3.63) is 9.66 Å². The lowest BCUT2D eigenvalue weighted by Crippen LogP contribution is -2.34. The molecule has 1 aliphatic rings. The first-order valence-electron chi connectivity index (χ1n) is 3.63. The first-order valence-corrected chi connectivity index (χ1v) is 5.15. The molecule has 0 saturated carbocycles. The molecular weight excluding hydrogens is 288 g/mol. The van der Waals surface area contributed by atoms with Crippen LogP contribution in [-0.4, -0.2) is 25.4 Å². The second kappa shape index (κ2) is 4.07. The van der Waals surface area contributed by atoms with Gasteiger partial charge in [-0.15, -0.1) is 0 Å². The van der Waals surface area contributed by atoms with Gasteiger partial charge in [-0.3, -0.25) is 4.99 Å². The summed E-state index contributed by atoms with van der Waals surface area (Å²) in [5, 5.41) is 0. The molecule has 0 spiro atoms. The number of rotatable bonds is 2. The van der Waals surface area contributed by atoms with E-state index in [4.69, 9.17) is 16.3 Å². The summed E-state index contributed by atoms with van der Waals surface area (Å²) in [5.41, 5.74) is -0.375. The molecule has 0 aliphatic carbocycles. The van der Waals surface area contributed by atoms with Gasteiger partial charge in [-0.1, -0.05) is 11.6 Å². The Bertz CT molecular complexity index is 229. The number of hydrogen-bond donors (Lipinski definition) is 0. The predicted molar refractivity (Wildman–Crippen MR) is 60.2 cm³/mol. The zero-order valence-corrected chi connectivity index (χ0v) is 9.96. The number of hydrogen-bond acceptors (Lipinski definition) is 2. The summed E-state index contributed by atoms with van der Waals surface area (Å²) in [5.74, 6) is 0. The van der Waals surface area contributed by atoms with Crippen LogP contribution in [0.1, 0.15) is 6.92 Å². The maximum absolute atomic E-state index is 6.07. The van der Waals surface area contributed by atoms with Crippen LogP contribution in [0.25, 0.3) is 0 Å². The van der Waals surface area contributed by atoms with Crippen LogP contribution in [0.15, 0.2) is 14.6 Å². The van der Waals surface area contributed by atoms with Crippen molar-refractivity contribution in [1.29, 1.82) is 0 Å². The first kappa shape index (κ1) is 10.5. The third-order valence-electron chi connectivity index (χ3n) is 1.95. The zero-order valence-electron chi connectivity index (χ0n) is 7.05. The maximum Gasteiger partial charge on any atom is 0.135 e. The fourth-order valence-corrected chi connectivity index (χ4v) is 2.13. The van der Waals surface area contributed by atoms with Gasteiger partial charge in [0.1, 0.15) is 5.50 Å². The maximum atomic E-state index is 6.07. The molecule has 2 atom stereocenters. The number of aliphatic imine (C=N–C) groups is 1. The fourth-order valence-electron chi connectivity index (χ4n) is 1.09. The van der Waals surface area contributed by atoms with Crippen LogP contribution in [0.2, 0.25) is 0 Å². The van der Waals surface area contributed by atoms with Gasteiger partial charge >= 0.3 is 0 Å². The summed E-state index contributed by atoms with van der Waals surface area (Å²) >= 11 is 8.35. The molecule has 0 aromatic rings. The molecule has 0 saturated heterocycles. The van der Waals surface area contributed by atoms with Gasteiger partial charge in [0.2, 0.25) is 0 Å². The van der Waals surface area contributed by atoms with E-state index in [-0.39, 0.29) is 10.9 Å². The van der Waals surface area contributed by atoms with Crippen molar-refractivity contribution < 1.29 is 4.74 Å². The fraction of sp³-hybridized carbons (Fsp3) is 0.625. The van der Waals surface area contributed by atoms with Gasteiger partial charge in [0, 0.05) is 16.9 Å². The highest BCUT2D eigenvalue weighted by molar-refractivity contribution is 14.1. The van der Waals surface area contributed by atoms with E-state index in [1.54, 1.807) is 13.3 Å². The average Bonchev–Trinajstić information content (AvgIpc) is 2.02. The minimum absolute atomic E-state index is 0.161. The van der Waals surface area contributed by atoms with Crippen molar-refractivity contribution in [2.45, 2.75) is 12.4 Å². The number of nitrogens with zero attached hydrogens (tertiary/aromatic N) is 1. The molecule has 4 heteroatoms. The number of methoxy groups -OCH3 is 1. The van der Waals surface area contributed by atoms with Gasteiger partial charge < -0.3 is 4.74 Å². The second-order valence-electron chi connectivity index (χ2n) is 3.00. The van der Waals surface area contributed by atoms with Gasteiger partial charge in [0.15, 0.2) is 0 Å². The van der Waals surface area contributed by atoms with E-state index in [9.17, 15) is 0 Å². The van der Waals surface area contributed by atoms with E-state index >= 15 is 0 Å². The zero-order chi connectivity index (χ0) is 9.19. The lowest BCUT2D eigenvalue weighted by Gasteiger charge is -2.32. The Morgan fingerprint density at radius 3 is 3.00 bits per heavy atom. The standard InChI is InChI=1S/C8H11ClINO/c1-8(5-12-2)6(10)3-4-11-7(8)9/h3-4,7H,5H2,1-2H3. The van der Waals surface area contributed by atoms with E-state index in [2.05, 4.69) is 34.5 Å². The molecule has 2 nitrogen and oxygen atoms in total. The van der Waals surface area contributed by atoms with Gasteiger partial charge in [0.05, 0.1) is 12.0 Å². The lowest BCUT2D eigenvalue weighted by atomic mass is 9.89. The number of alkyl halides is 1. The Kier molecular flexibility index (Phi) is 3.55. The van der Waals surface area contributed by atoms with Crippen LogP contribution >= 0.6 is 34.2 Å². The van der Waals surface area contributed by atoms with E-state index < -0.39 is 0 Å². The summed E-state index contributed by atoms with van der Waals surface area (Å²) < 4.78 is 6.31. The highest BCUT2D eigenvalue weighted by Crippen LogP contribution is 2.40. The normalized spacial score (nSPS) is 35.0. The van der Waals surface area contributed by atoms with Crippen molar-refractivity contribution in [1.82, 2.24) is 0 Å². The smallest absolute Gasteiger partial charge is 0.135 e.